The van der Waals surface area contributed by atoms with Gasteiger partial charge < -0.3 is 5.11 Å². The smallest absolute Gasteiger partial charge is 0.374 e. The molecule has 66 valence electrons. The van der Waals surface area contributed by atoms with Gasteiger partial charge >= 0.3 is 10.4 Å². The lowest BCUT2D eigenvalue weighted by Crippen LogP contribution is -2.25. The van der Waals surface area contributed by atoms with E-state index >= 15 is 0 Å². The second-order valence-electron chi connectivity index (χ2n) is 2.64. The molecule has 1 unspecified atom stereocenters. The summed E-state index contributed by atoms with van der Waals surface area (Å²) in [6.45, 7) is 0.214. The van der Waals surface area contributed by atoms with Crippen molar-refractivity contribution >= 4 is 10.4 Å². The maximum Gasteiger partial charge on any atom is 0.374 e. The van der Waals surface area contributed by atoms with Gasteiger partial charge in [-0.2, -0.15) is 12.7 Å². The van der Waals surface area contributed by atoms with Gasteiger partial charge in [-0.1, -0.05) is 3.89 Å². The van der Waals surface area contributed by atoms with E-state index in [2.05, 4.69) is 0 Å². The number of halogens is 1. The zero-order chi connectivity index (χ0) is 8.48. The first-order valence-corrected chi connectivity index (χ1v) is 4.68. The molecule has 1 aliphatic rings. The number of aliphatic hydroxyl groups is 1. The Morgan fingerprint density at radius 3 is 2.55 bits per heavy atom. The zero-order valence-corrected chi connectivity index (χ0v) is 6.72. The number of rotatable bonds is 2. The lowest BCUT2D eigenvalue weighted by molar-refractivity contribution is 0.232. The Bertz CT molecular complexity index is 228. The fraction of sp³-hybridized carbons (Fsp3) is 1.00. The Labute approximate surface area is 65.0 Å². The highest BCUT2D eigenvalue weighted by atomic mass is 32.3. The predicted molar refractivity (Wildman–Crippen MR) is 36.8 cm³/mol. The molecule has 1 aliphatic heterocycles. The number of nitrogens with zero attached hydrogens (tertiary/aromatic N) is 1. The average Bonchev–Trinajstić information content (AvgIpc) is 2.32. The van der Waals surface area contributed by atoms with Gasteiger partial charge in [0.2, 0.25) is 0 Å². The molecule has 0 aromatic heterocycles. The van der Waals surface area contributed by atoms with Gasteiger partial charge in [0.1, 0.15) is 0 Å². The van der Waals surface area contributed by atoms with Gasteiger partial charge in [0.05, 0.1) is 0 Å². The quantitative estimate of drug-likeness (QED) is 0.588. The Morgan fingerprint density at radius 2 is 2.27 bits per heavy atom. The molecule has 1 N–H and O–H groups in total. The summed E-state index contributed by atoms with van der Waals surface area (Å²) in [5, 5.41) is 8.61. The van der Waals surface area contributed by atoms with Crippen molar-refractivity contribution in [2.24, 2.45) is 5.92 Å². The van der Waals surface area contributed by atoms with E-state index in [0.29, 0.717) is 6.42 Å². The van der Waals surface area contributed by atoms with Crippen molar-refractivity contribution < 1.29 is 17.4 Å². The van der Waals surface area contributed by atoms with E-state index in [1.165, 1.54) is 0 Å². The van der Waals surface area contributed by atoms with Crippen LogP contribution < -0.4 is 0 Å². The molecule has 1 atom stereocenters. The summed E-state index contributed by atoms with van der Waals surface area (Å²) >= 11 is 0. The highest BCUT2D eigenvalue weighted by molar-refractivity contribution is 7.83. The molecule has 0 spiro atoms. The van der Waals surface area contributed by atoms with Crippen LogP contribution in [0.25, 0.3) is 0 Å². The third-order valence-electron chi connectivity index (χ3n) is 1.82. The van der Waals surface area contributed by atoms with Crippen LogP contribution in [0.15, 0.2) is 0 Å². The van der Waals surface area contributed by atoms with Crippen LogP contribution in [0.4, 0.5) is 3.89 Å². The first-order chi connectivity index (χ1) is 5.04. The molecule has 0 amide bonds. The van der Waals surface area contributed by atoms with Gasteiger partial charge in [0.25, 0.3) is 0 Å². The van der Waals surface area contributed by atoms with E-state index in [9.17, 15) is 12.3 Å². The van der Waals surface area contributed by atoms with Gasteiger partial charge in [-0.05, 0) is 12.3 Å². The van der Waals surface area contributed by atoms with Crippen molar-refractivity contribution in [3.05, 3.63) is 0 Å². The molecule has 0 bridgehead atoms. The molecule has 6 heteroatoms. The minimum atomic E-state index is -4.52. The molecule has 11 heavy (non-hydrogen) atoms. The SMILES string of the molecule is O=S(=O)(F)N1CCC(CO)C1. The molecule has 1 rings (SSSR count). The molecule has 1 heterocycles. The van der Waals surface area contributed by atoms with Gasteiger partial charge in [-0.15, -0.1) is 0 Å². The van der Waals surface area contributed by atoms with Crippen LogP contribution in [0.1, 0.15) is 6.42 Å². The van der Waals surface area contributed by atoms with E-state index in [1.54, 1.807) is 0 Å². The largest absolute Gasteiger partial charge is 0.396 e. The van der Waals surface area contributed by atoms with Crippen molar-refractivity contribution in [3.63, 3.8) is 0 Å². The Hall–Kier alpha value is -0.200. The van der Waals surface area contributed by atoms with Crippen molar-refractivity contribution in [2.45, 2.75) is 6.42 Å². The van der Waals surface area contributed by atoms with Crippen LogP contribution in [0.5, 0.6) is 0 Å². The van der Waals surface area contributed by atoms with E-state index in [1.807, 2.05) is 0 Å². The fourth-order valence-electron chi connectivity index (χ4n) is 1.14. The summed E-state index contributed by atoms with van der Waals surface area (Å²) in [5.41, 5.74) is 0. The van der Waals surface area contributed by atoms with Gasteiger partial charge in [-0.25, -0.2) is 0 Å². The molecule has 0 aromatic carbocycles. The Balaban J connectivity index is 2.55. The van der Waals surface area contributed by atoms with E-state index in [-0.39, 0.29) is 25.6 Å². The molecule has 0 radical (unpaired) electrons. The zero-order valence-electron chi connectivity index (χ0n) is 5.90. The van der Waals surface area contributed by atoms with Gasteiger partial charge in [0.15, 0.2) is 0 Å². The first kappa shape index (κ1) is 8.89. The predicted octanol–water partition coefficient (Wildman–Crippen LogP) is -0.485. The molecule has 1 saturated heterocycles. The first-order valence-electron chi connectivity index (χ1n) is 3.34. The van der Waals surface area contributed by atoms with Crippen molar-refractivity contribution in [3.8, 4) is 0 Å². The molecule has 0 saturated carbocycles. The Kier molecular flexibility index (Phi) is 2.46. The minimum Gasteiger partial charge on any atom is -0.396 e. The fourth-order valence-corrected chi connectivity index (χ4v) is 1.86. The maximum absolute atomic E-state index is 12.2. The molecular formula is C5H10FNO3S. The number of hydrogen-bond acceptors (Lipinski definition) is 3. The van der Waals surface area contributed by atoms with Crippen LogP contribution >= 0.6 is 0 Å². The molecule has 0 aliphatic carbocycles. The van der Waals surface area contributed by atoms with Gasteiger partial charge in [0, 0.05) is 19.7 Å². The van der Waals surface area contributed by atoms with Crippen molar-refractivity contribution in [1.29, 1.82) is 0 Å². The van der Waals surface area contributed by atoms with Crippen LogP contribution in [0.2, 0.25) is 0 Å². The summed E-state index contributed by atoms with van der Waals surface area (Å²) in [6.07, 6.45) is 0.541. The third-order valence-corrected chi connectivity index (χ3v) is 2.76. The van der Waals surface area contributed by atoms with E-state index in [4.69, 9.17) is 5.11 Å². The topological polar surface area (TPSA) is 57.6 Å². The van der Waals surface area contributed by atoms with Gasteiger partial charge in [-0.3, -0.25) is 0 Å². The summed E-state index contributed by atoms with van der Waals surface area (Å²) in [4.78, 5) is 0. The van der Waals surface area contributed by atoms with Crippen LogP contribution in [-0.4, -0.2) is 37.5 Å². The average molecular weight is 183 g/mol. The second kappa shape index (κ2) is 3.04. The Morgan fingerprint density at radius 1 is 1.64 bits per heavy atom. The summed E-state index contributed by atoms with van der Waals surface area (Å²) in [6, 6.07) is 0. The molecule has 0 aromatic rings. The minimum absolute atomic E-state index is 0.0774. The monoisotopic (exact) mass is 183 g/mol. The molecular weight excluding hydrogens is 173 g/mol. The number of aliphatic hydroxyl groups excluding tert-OH is 1. The van der Waals surface area contributed by atoms with Crippen molar-refractivity contribution in [2.75, 3.05) is 19.7 Å². The summed E-state index contributed by atoms with van der Waals surface area (Å²) in [5.74, 6) is -0.0967. The lowest BCUT2D eigenvalue weighted by atomic mass is 10.1. The molecule has 1 fully saturated rings. The highest BCUT2D eigenvalue weighted by Crippen LogP contribution is 2.19. The van der Waals surface area contributed by atoms with Crippen LogP contribution in [-0.2, 0) is 10.4 Å². The summed E-state index contributed by atoms with van der Waals surface area (Å²) in [7, 11) is -4.52. The van der Waals surface area contributed by atoms with Crippen LogP contribution in [0.3, 0.4) is 0 Å². The summed E-state index contributed by atoms with van der Waals surface area (Å²) < 4.78 is 33.5. The maximum atomic E-state index is 12.2. The normalized spacial score (nSPS) is 27.6. The third kappa shape index (κ3) is 2.11. The molecule has 4 nitrogen and oxygen atoms in total. The highest BCUT2D eigenvalue weighted by Gasteiger charge is 2.30. The van der Waals surface area contributed by atoms with E-state index in [0.717, 1.165) is 4.31 Å². The van der Waals surface area contributed by atoms with Crippen molar-refractivity contribution in [1.82, 2.24) is 4.31 Å². The second-order valence-corrected chi connectivity index (χ2v) is 3.98. The standard InChI is InChI=1S/C5H10FNO3S/c6-11(9,10)7-2-1-5(3-7)4-8/h5,8H,1-4H2. The number of hydrogen-bond donors (Lipinski definition) is 1. The lowest BCUT2D eigenvalue weighted by Gasteiger charge is -2.08. The van der Waals surface area contributed by atoms with E-state index < -0.39 is 10.4 Å². The van der Waals surface area contributed by atoms with Crippen LogP contribution in [0, 0.1) is 5.92 Å².